The van der Waals surface area contributed by atoms with Crippen LogP contribution in [0.15, 0.2) is 23.8 Å². The average molecular weight is 314 g/mol. The van der Waals surface area contributed by atoms with Gasteiger partial charge in [-0.2, -0.15) is 13.2 Å². The van der Waals surface area contributed by atoms with Gasteiger partial charge in [-0.1, -0.05) is 6.08 Å². The predicted octanol–water partition coefficient (Wildman–Crippen LogP) is 2.42. The third kappa shape index (κ3) is 3.26. The molecule has 1 amide bonds. The molecular weight excluding hydrogens is 301 g/mol. The van der Waals surface area contributed by atoms with E-state index >= 15 is 0 Å². The van der Waals surface area contributed by atoms with Gasteiger partial charge in [-0.3, -0.25) is 4.79 Å². The highest BCUT2D eigenvalue weighted by atomic mass is 19.4. The maximum atomic E-state index is 12.5. The van der Waals surface area contributed by atoms with Crippen molar-refractivity contribution in [2.45, 2.75) is 19.5 Å². The van der Waals surface area contributed by atoms with Crippen LogP contribution >= 0.6 is 0 Å². The van der Waals surface area contributed by atoms with E-state index in [2.05, 4.69) is 4.98 Å². The second-order valence-electron chi connectivity index (χ2n) is 4.86. The molecule has 0 atom stereocenters. The summed E-state index contributed by atoms with van der Waals surface area (Å²) < 4.78 is 37.6. The highest BCUT2D eigenvalue weighted by Gasteiger charge is 2.35. The summed E-state index contributed by atoms with van der Waals surface area (Å²) in [5, 5.41) is 8.90. The van der Waals surface area contributed by atoms with E-state index < -0.39 is 23.6 Å². The fourth-order valence-electron chi connectivity index (χ4n) is 2.18. The molecule has 2 heterocycles. The molecule has 1 aromatic rings. The Morgan fingerprint density at radius 3 is 2.45 bits per heavy atom. The maximum Gasteiger partial charge on any atom is 0.412 e. The number of alkyl halides is 3. The van der Waals surface area contributed by atoms with Crippen LogP contribution in [0.25, 0.3) is 0 Å². The minimum absolute atomic E-state index is 0.0190. The monoisotopic (exact) mass is 314 g/mol. The van der Waals surface area contributed by atoms with E-state index in [0.29, 0.717) is 0 Å². The van der Waals surface area contributed by atoms with E-state index in [4.69, 9.17) is 5.11 Å². The topological polar surface area (TPSA) is 70.5 Å². The predicted molar refractivity (Wildman–Crippen MR) is 70.6 cm³/mol. The van der Waals surface area contributed by atoms with E-state index in [-0.39, 0.29) is 36.5 Å². The molecule has 8 heteroatoms. The molecule has 0 bridgehead atoms. The summed E-state index contributed by atoms with van der Waals surface area (Å²) in [4.78, 5) is 28.2. The van der Waals surface area contributed by atoms with Crippen molar-refractivity contribution >= 4 is 11.9 Å². The van der Waals surface area contributed by atoms with Crippen molar-refractivity contribution in [2.75, 3.05) is 13.1 Å². The van der Waals surface area contributed by atoms with Crippen LogP contribution in [0.4, 0.5) is 13.2 Å². The minimum Gasteiger partial charge on any atom is -0.478 e. The molecule has 1 aliphatic rings. The van der Waals surface area contributed by atoms with E-state index in [1.54, 1.807) is 0 Å². The van der Waals surface area contributed by atoms with Gasteiger partial charge in [0.15, 0.2) is 0 Å². The number of carboxylic acid groups (broad SMARTS) is 1. The van der Waals surface area contributed by atoms with Crippen molar-refractivity contribution in [2.24, 2.45) is 0 Å². The summed E-state index contributed by atoms with van der Waals surface area (Å²) in [6.07, 6.45) is -3.64. The number of aromatic nitrogens is 1. The highest BCUT2D eigenvalue weighted by Crippen LogP contribution is 2.30. The number of carboxylic acids is 1. The standard InChI is InChI=1S/C14H13F3N2O3/c1-8-10(13(21)22)2-3-11(18-8)12(20)19-6-4-9(5-7-19)14(15,16)17/h2-4H,5-7H2,1H3,(H,21,22). The first-order valence-electron chi connectivity index (χ1n) is 6.46. The Hall–Kier alpha value is -2.38. The molecule has 1 aliphatic heterocycles. The zero-order chi connectivity index (χ0) is 16.5. The second-order valence-corrected chi connectivity index (χ2v) is 4.86. The molecular formula is C14H13F3N2O3. The van der Waals surface area contributed by atoms with Gasteiger partial charge in [0.1, 0.15) is 5.69 Å². The average Bonchev–Trinajstić information content (AvgIpc) is 2.45. The number of rotatable bonds is 2. The lowest BCUT2D eigenvalue weighted by Crippen LogP contribution is -2.37. The first kappa shape index (κ1) is 16.0. The van der Waals surface area contributed by atoms with Crippen molar-refractivity contribution < 1.29 is 27.9 Å². The van der Waals surface area contributed by atoms with Gasteiger partial charge < -0.3 is 10.0 Å². The smallest absolute Gasteiger partial charge is 0.412 e. The molecule has 0 aromatic carbocycles. The van der Waals surface area contributed by atoms with Gasteiger partial charge >= 0.3 is 12.1 Å². The normalized spacial score (nSPS) is 15.5. The molecule has 0 spiro atoms. The van der Waals surface area contributed by atoms with Gasteiger partial charge in [-0.05, 0) is 25.5 Å². The summed E-state index contributed by atoms with van der Waals surface area (Å²) in [6, 6.07) is 2.53. The van der Waals surface area contributed by atoms with Gasteiger partial charge in [0.2, 0.25) is 0 Å². The molecule has 0 saturated heterocycles. The van der Waals surface area contributed by atoms with E-state index in [1.165, 1.54) is 24.0 Å². The lowest BCUT2D eigenvalue weighted by molar-refractivity contribution is -0.0957. The molecule has 5 nitrogen and oxygen atoms in total. The fourth-order valence-corrected chi connectivity index (χ4v) is 2.18. The van der Waals surface area contributed by atoms with Crippen LogP contribution in [0.2, 0.25) is 0 Å². The number of carbonyl (C=O) groups excluding carboxylic acids is 1. The Balaban J connectivity index is 2.15. The Morgan fingerprint density at radius 1 is 1.32 bits per heavy atom. The molecule has 2 rings (SSSR count). The summed E-state index contributed by atoms with van der Waals surface area (Å²) in [6.45, 7) is 1.26. The Bertz CT molecular complexity index is 653. The molecule has 0 radical (unpaired) electrons. The molecule has 0 saturated carbocycles. The van der Waals surface area contributed by atoms with Gasteiger partial charge in [0.25, 0.3) is 5.91 Å². The molecule has 1 N–H and O–H groups in total. The van der Waals surface area contributed by atoms with Gasteiger partial charge in [-0.25, -0.2) is 9.78 Å². The van der Waals surface area contributed by atoms with Crippen LogP contribution < -0.4 is 0 Å². The Labute approximate surface area is 124 Å². The maximum absolute atomic E-state index is 12.5. The summed E-state index contributed by atoms with van der Waals surface area (Å²) in [5.41, 5.74) is -0.454. The number of hydrogen-bond acceptors (Lipinski definition) is 3. The molecule has 0 unspecified atom stereocenters. The lowest BCUT2D eigenvalue weighted by atomic mass is 10.1. The van der Waals surface area contributed by atoms with Gasteiger partial charge in [0, 0.05) is 18.7 Å². The summed E-state index contributed by atoms with van der Waals surface area (Å²) in [5.74, 6) is -1.67. The molecule has 118 valence electrons. The van der Waals surface area contributed by atoms with Crippen molar-refractivity contribution in [1.82, 2.24) is 9.88 Å². The van der Waals surface area contributed by atoms with Crippen molar-refractivity contribution in [1.29, 1.82) is 0 Å². The number of aromatic carboxylic acids is 1. The Kier molecular flexibility index (Phi) is 4.20. The SMILES string of the molecule is Cc1nc(C(=O)N2CC=C(C(F)(F)F)CC2)ccc1C(=O)O. The number of amides is 1. The zero-order valence-electron chi connectivity index (χ0n) is 11.6. The molecule has 1 aromatic heterocycles. The largest absolute Gasteiger partial charge is 0.478 e. The first-order valence-corrected chi connectivity index (χ1v) is 6.46. The molecule has 0 aliphatic carbocycles. The quantitative estimate of drug-likeness (QED) is 0.851. The van der Waals surface area contributed by atoms with Gasteiger partial charge in [-0.15, -0.1) is 0 Å². The van der Waals surface area contributed by atoms with Crippen molar-refractivity contribution in [3.63, 3.8) is 0 Å². The minimum atomic E-state index is -4.37. The van der Waals surface area contributed by atoms with Gasteiger partial charge in [0.05, 0.1) is 11.3 Å². The molecule has 22 heavy (non-hydrogen) atoms. The number of pyridine rings is 1. The lowest BCUT2D eigenvalue weighted by Gasteiger charge is -2.27. The third-order valence-corrected chi connectivity index (χ3v) is 3.40. The highest BCUT2D eigenvalue weighted by molar-refractivity contribution is 5.94. The first-order chi connectivity index (χ1) is 10.2. The van der Waals surface area contributed by atoms with Crippen LogP contribution in [0, 0.1) is 6.92 Å². The van der Waals surface area contributed by atoms with Crippen LogP contribution in [-0.2, 0) is 0 Å². The van der Waals surface area contributed by atoms with E-state index in [1.807, 2.05) is 0 Å². The third-order valence-electron chi connectivity index (χ3n) is 3.40. The van der Waals surface area contributed by atoms with Crippen molar-refractivity contribution in [3.8, 4) is 0 Å². The molecule has 0 fully saturated rings. The summed E-state index contributed by atoms with van der Waals surface area (Å²) in [7, 11) is 0. The van der Waals surface area contributed by atoms with Crippen LogP contribution in [-0.4, -0.2) is 46.1 Å². The second kappa shape index (κ2) is 5.78. The number of hydrogen-bond donors (Lipinski definition) is 1. The van der Waals surface area contributed by atoms with E-state index in [9.17, 15) is 22.8 Å². The van der Waals surface area contributed by atoms with Crippen LogP contribution in [0.1, 0.15) is 33.0 Å². The Morgan fingerprint density at radius 2 is 2.00 bits per heavy atom. The van der Waals surface area contributed by atoms with Crippen LogP contribution in [0.5, 0.6) is 0 Å². The number of aryl methyl sites for hydroxylation is 1. The number of nitrogens with zero attached hydrogens (tertiary/aromatic N) is 2. The fraction of sp³-hybridized carbons (Fsp3) is 0.357. The number of halogens is 3. The van der Waals surface area contributed by atoms with Crippen molar-refractivity contribution in [3.05, 3.63) is 40.7 Å². The number of carbonyl (C=O) groups is 2. The van der Waals surface area contributed by atoms with Crippen LogP contribution in [0.3, 0.4) is 0 Å². The zero-order valence-corrected chi connectivity index (χ0v) is 11.6. The van der Waals surface area contributed by atoms with E-state index in [0.717, 1.165) is 6.08 Å². The summed E-state index contributed by atoms with van der Waals surface area (Å²) >= 11 is 0.